The molecule has 0 bridgehead atoms. The minimum atomic E-state index is 0.0310. The summed E-state index contributed by atoms with van der Waals surface area (Å²) in [7, 11) is 0. The lowest BCUT2D eigenvalue weighted by molar-refractivity contribution is -0.150. The van der Waals surface area contributed by atoms with Gasteiger partial charge in [0.05, 0.1) is 12.7 Å². The van der Waals surface area contributed by atoms with Crippen molar-refractivity contribution in [3.05, 3.63) is 0 Å². The van der Waals surface area contributed by atoms with Gasteiger partial charge in [0.25, 0.3) is 0 Å². The summed E-state index contributed by atoms with van der Waals surface area (Å²) in [6.45, 7) is 7.81. The Morgan fingerprint density at radius 2 is 1.38 bits per heavy atom. The quantitative estimate of drug-likeness (QED) is 0.109. The van der Waals surface area contributed by atoms with Gasteiger partial charge in [0.15, 0.2) is 0 Å². The molecule has 3 nitrogen and oxygen atoms in total. The van der Waals surface area contributed by atoms with E-state index in [1.165, 1.54) is 77.0 Å². The van der Waals surface area contributed by atoms with Crippen LogP contribution in [-0.2, 0) is 14.3 Å². The molecule has 29 heavy (non-hydrogen) atoms. The molecule has 2 unspecified atom stereocenters. The average molecular weight is 411 g/mol. The van der Waals surface area contributed by atoms with Gasteiger partial charge in [-0.3, -0.25) is 4.79 Å². The van der Waals surface area contributed by atoms with Gasteiger partial charge in [-0.05, 0) is 44.4 Å². The Bertz CT molecular complexity index is 376. The number of epoxide rings is 1. The van der Waals surface area contributed by atoms with Crippen molar-refractivity contribution in [3.8, 4) is 0 Å². The van der Waals surface area contributed by atoms with Crippen LogP contribution in [0.5, 0.6) is 0 Å². The monoisotopic (exact) mass is 410 g/mol. The molecule has 0 saturated carbocycles. The number of rotatable bonds is 21. The summed E-state index contributed by atoms with van der Waals surface area (Å²) in [6.07, 6.45) is 22.1. The second-order valence-corrected chi connectivity index (χ2v) is 9.61. The first kappa shape index (κ1) is 26.5. The van der Waals surface area contributed by atoms with Crippen LogP contribution in [0.4, 0.5) is 0 Å². The standard InChI is InChI=1S/C26H50O3/c1-4-5-6-7-8-13-18-24(19-14-10-9-12-17-23(2)3)29-26(27)21-16-11-15-20-25-22-28-25/h23-25H,4-22H2,1-3H3. The third-order valence-electron chi connectivity index (χ3n) is 6.04. The van der Waals surface area contributed by atoms with Crippen LogP contribution in [0.15, 0.2) is 0 Å². The van der Waals surface area contributed by atoms with Crippen molar-refractivity contribution in [1.82, 2.24) is 0 Å². The zero-order chi connectivity index (χ0) is 21.2. The lowest BCUT2D eigenvalue weighted by atomic mass is 10.0. The molecule has 1 saturated heterocycles. The maximum Gasteiger partial charge on any atom is 0.306 e. The summed E-state index contributed by atoms with van der Waals surface area (Å²) in [5.74, 6) is 0.844. The molecule has 0 spiro atoms. The molecule has 0 radical (unpaired) electrons. The first-order valence-electron chi connectivity index (χ1n) is 12.9. The molecule has 1 heterocycles. The Morgan fingerprint density at radius 1 is 0.828 bits per heavy atom. The Labute approximate surface area is 181 Å². The lowest BCUT2D eigenvalue weighted by Gasteiger charge is -2.18. The molecule has 172 valence electrons. The Morgan fingerprint density at radius 3 is 1.97 bits per heavy atom. The molecule has 2 atom stereocenters. The van der Waals surface area contributed by atoms with Gasteiger partial charge in [-0.15, -0.1) is 0 Å². The van der Waals surface area contributed by atoms with Crippen molar-refractivity contribution in [2.75, 3.05) is 6.61 Å². The van der Waals surface area contributed by atoms with E-state index >= 15 is 0 Å². The average Bonchev–Trinajstić information content (AvgIpc) is 3.50. The first-order chi connectivity index (χ1) is 14.1. The van der Waals surface area contributed by atoms with Gasteiger partial charge >= 0.3 is 5.97 Å². The molecule has 1 fully saturated rings. The van der Waals surface area contributed by atoms with Gasteiger partial charge < -0.3 is 9.47 Å². The highest BCUT2D eigenvalue weighted by molar-refractivity contribution is 5.69. The molecule has 0 aromatic heterocycles. The molecular formula is C26H50O3. The van der Waals surface area contributed by atoms with E-state index in [9.17, 15) is 4.79 Å². The second-order valence-electron chi connectivity index (χ2n) is 9.61. The van der Waals surface area contributed by atoms with Crippen LogP contribution >= 0.6 is 0 Å². The summed E-state index contributed by atoms with van der Waals surface area (Å²) in [4.78, 5) is 12.3. The largest absolute Gasteiger partial charge is 0.462 e. The summed E-state index contributed by atoms with van der Waals surface area (Å²) in [6, 6.07) is 0. The Kier molecular flexibility index (Phi) is 16.6. The number of hydrogen-bond acceptors (Lipinski definition) is 3. The van der Waals surface area contributed by atoms with Crippen LogP contribution in [-0.4, -0.2) is 24.8 Å². The maximum atomic E-state index is 12.3. The molecule has 0 N–H and O–H groups in total. The van der Waals surface area contributed by atoms with Crippen molar-refractivity contribution >= 4 is 5.97 Å². The van der Waals surface area contributed by atoms with Crippen LogP contribution in [0.2, 0.25) is 0 Å². The van der Waals surface area contributed by atoms with Crippen LogP contribution in [0.1, 0.15) is 136 Å². The van der Waals surface area contributed by atoms with Crippen LogP contribution in [0.3, 0.4) is 0 Å². The van der Waals surface area contributed by atoms with E-state index in [2.05, 4.69) is 20.8 Å². The summed E-state index contributed by atoms with van der Waals surface area (Å²) < 4.78 is 11.1. The predicted octanol–water partition coefficient (Wildman–Crippen LogP) is 7.99. The van der Waals surface area contributed by atoms with Gasteiger partial charge in [0.2, 0.25) is 0 Å². The molecular weight excluding hydrogens is 360 g/mol. The lowest BCUT2D eigenvalue weighted by Crippen LogP contribution is -2.18. The van der Waals surface area contributed by atoms with E-state index in [0.29, 0.717) is 12.5 Å². The van der Waals surface area contributed by atoms with Crippen molar-refractivity contribution in [2.45, 2.75) is 149 Å². The number of hydrogen-bond donors (Lipinski definition) is 0. The zero-order valence-corrected chi connectivity index (χ0v) is 19.9. The fourth-order valence-corrected chi connectivity index (χ4v) is 3.99. The molecule has 0 aromatic carbocycles. The third-order valence-corrected chi connectivity index (χ3v) is 6.04. The molecule has 0 aromatic rings. The van der Waals surface area contributed by atoms with Crippen LogP contribution in [0.25, 0.3) is 0 Å². The topological polar surface area (TPSA) is 38.8 Å². The van der Waals surface area contributed by atoms with Crippen LogP contribution in [0, 0.1) is 5.92 Å². The Balaban J connectivity index is 2.15. The first-order valence-corrected chi connectivity index (χ1v) is 12.9. The fourth-order valence-electron chi connectivity index (χ4n) is 3.99. The Hall–Kier alpha value is -0.570. The van der Waals surface area contributed by atoms with E-state index in [-0.39, 0.29) is 12.1 Å². The summed E-state index contributed by atoms with van der Waals surface area (Å²) >= 11 is 0. The predicted molar refractivity (Wildman–Crippen MR) is 123 cm³/mol. The van der Waals surface area contributed by atoms with E-state index in [1.807, 2.05) is 0 Å². The van der Waals surface area contributed by atoms with Gasteiger partial charge in [0, 0.05) is 6.42 Å². The van der Waals surface area contributed by atoms with Crippen LogP contribution < -0.4 is 0 Å². The van der Waals surface area contributed by atoms with E-state index < -0.39 is 0 Å². The smallest absolute Gasteiger partial charge is 0.306 e. The highest BCUT2D eigenvalue weighted by Gasteiger charge is 2.21. The third kappa shape index (κ3) is 18.0. The van der Waals surface area contributed by atoms with Crippen molar-refractivity contribution in [2.24, 2.45) is 5.92 Å². The minimum Gasteiger partial charge on any atom is -0.462 e. The highest BCUT2D eigenvalue weighted by atomic mass is 16.6. The minimum absolute atomic E-state index is 0.0310. The molecule has 1 aliphatic heterocycles. The molecule has 1 aliphatic rings. The number of unbranched alkanes of at least 4 members (excludes halogenated alkanes) is 10. The molecule has 0 aliphatic carbocycles. The number of carbonyl (C=O) groups excluding carboxylic acids is 1. The SMILES string of the molecule is CCCCCCCCC(CCCCCCC(C)C)OC(=O)CCCCCC1CO1. The number of carbonyl (C=O) groups is 1. The molecule has 0 amide bonds. The maximum absolute atomic E-state index is 12.3. The van der Waals surface area contributed by atoms with E-state index in [0.717, 1.165) is 44.6 Å². The van der Waals surface area contributed by atoms with Crippen molar-refractivity contribution in [3.63, 3.8) is 0 Å². The summed E-state index contributed by atoms with van der Waals surface area (Å²) in [5, 5.41) is 0. The van der Waals surface area contributed by atoms with E-state index in [1.54, 1.807) is 0 Å². The number of esters is 1. The fraction of sp³-hybridized carbons (Fsp3) is 0.962. The van der Waals surface area contributed by atoms with Crippen molar-refractivity contribution in [1.29, 1.82) is 0 Å². The summed E-state index contributed by atoms with van der Waals surface area (Å²) in [5.41, 5.74) is 0. The highest BCUT2D eigenvalue weighted by Crippen LogP contribution is 2.20. The normalized spacial score (nSPS) is 16.9. The number of ether oxygens (including phenoxy) is 2. The molecule has 3 heteroatoms. The van der Waals surface area contributed by atoms with Gasteiger partial charge in [0.1, 0.15) is 6.10 Å². The van der Waals surface area contributed by atoms with Gasteiger partial charge in [-0.1, -0.05) is 91.4 Å². The van der Waals surface area contributed by atoms with Crippen molar-refractivity contribution < 1.29 is 14.3 Å². The molecule has 1 rings (SSSR count). The van der Waals surface area contributed by atoms with E-state index in [4.69, 9.17) is 9.47 Å². The van der Waals surface area contributed by atoms with Gasteiger partial charge in [-0.2, -0.15) is 0 Å². The second kappa shape index (κ2) is 18.2. The zero-order valence-electron chi connectivity index (χ0n) is 19.9. The van der Waals surface area contributed by atoms with Gasteiger partial charge in [-0.25, -0.2) is 0 Å².